The van der Waals surface area contributed by atoms with Crippen LogP contribution in [0.2, 0.25) is 0 Å². The van der Waals surface area contributed by atoms with Gasteiger partial charge in [0.05, 0.1) is 11.2 Å². The fraction of sp³-hybridized carbons (Fsp3) is 0.500. The summed E-state index contributed by atoms with van der Waals surface area (Å²) in [5.74, 6) is 0.538. The van der Waals surface area contributed by atoms with Gasteiger partial charge in [-0.15, -0.1) is 0 Å². The Bertz CT molecular complexity index is 501. The summed E-state index contributed by atoms with van der Waals surface area (Å²) in [6.45, 7) is 11.2. The van der Waals surface area contributed by atoms with Crippen LogP contribution < -0.4 is 0 Å². The van der Waals surface area contributed by atoms with Gasteiger partial charge in [0, 0.05) is 11.6 Å². The fourth-order valence-corrected chi connectivity index (χ4v) is 2.22. The minimum absolute atomic E-state index is 0.125. The quantitative estimate of drug-likeness (QED) is 0.709. The predicted octanol–water partition coefficient (Wildman–Crippen LogP) is 3.76. The van der Waals surface area contributed by atoms with E-state index in [1.807, 2.05) is 12.3 Å². The summed E-state index contributed by atoms with van der Waals surface area (Å²) >= 11 is 0. The minimum atomic E-state index is 0.125. The highest BCUT2D eigenvalue weighted by Crippen LogP contribution is 2.32. The molecule has 0 N–H and O–H groups in total. The zero-order valence-electron chi connectivity index (χ0n) is 10.8. The predicted molar refractivity (Wildman–Crippen MR) is 68.0 cm³/mol. The molecule has 0 fully saturated rings. The molecule has 2 aromatic heterocycles. The van der Waals surface area contributed by atoms with Gasteiger partial charge < -0.3 is 0 Å². The van der Waals surface area contributed by atoms with Gasteiger partial charge in [-0.3, -0.25) is 0 Å². The van der Waals surface area contributed by atoms with Crippen LogP contribution >= 0.6 is 0 Å². The summed E-state index contributed by atoms with van der Waals surface area (Å²) in [5, 5.41) is 4.47. The van der Waals surface area contributed by atoms with Crippen molar-refractivity contribution >= 4 is 5.52 Å². The van der Waals surface area contributed by atoms with Gasteiger partial charge in [0.2, 0.25) is 0 Å². The van der Waals surface area contributed by atoms with Crippen molar-refractivity contribution in [1.82, 2.24) is 9.61 Å². The minimum Gasteiger partial charge on any atom is -0.237 e. The molecule has 2 rings (SSSR count). The third kappa shape index (κ3) is 1.73. The third-order valence-electron chi connectivity index (χ3n) is 2.90. The topological polar surface area (TPSA) is 17.3 Å². The molecule has 0 atom stereocenters. The van der Waals surface area contributed by atoms with E-state index in [1.54, 1.807) is 0 Å². The van der Waals surface area contributed by atoms with Gasteiger partial charge >= 0.3 is 0 Å². The van der Waals surface area contributed by atoms with Crippen LogP contribution in [0.15, 0.2) is 24.4 Å². The van der Waals surface area contributed by atoms with E-state index in [0.29, 0.717) is 5.92 Å². The van der Waals surface area contributed by atoms with E-state index >= 15 is 0 Å². The molecule has 2 aromatic rings. The van der Waals surface area contributed by atoms with Crippen LogP contribution in [0, 0.1) is 0 Å². The van der Waals surface area contributed by atoms with Crippen molar-refractivity contribution in [2.45, 2.75) is 46.0 Å². The van der Waals surface area contributed by atoms with Crippen molar-refractivity contribution in [2.75, 3.05) is 0 Å². The van der Waals surface area contributed by atoms with Crippen LogP contribution in [0.3, 0.4) is 0 Å². The van der Waals surface area contributed by atoms with Gasteiger partial charge in [-0.05, 0) is 29.7 Å². The molecule has 0 aliphatic rings. The van der Waals surface area contributed by atoms with Crippen LogP contribution in [0.4, 0.5) is 0 Å². The van der Waals surface area contributed by atoms with E-state index in [4.69, 9.17) is 0 Å². The third-order valence-corrected chi connectivity index (χ3v) is 2.90. The second-order valence-corrected chi connectivity index (χ2v) is 5.71. The maximum Gasteiger partial charge on any atom is 0.0653 e. The lowest BCUT2D eigenvalue weighted by Crippen LogP contribution is -2.18. The first-order valence-electron chi connectivity index (χ1n) is 5.88. The van der Waals surface area contributed by atoms with Crippen molar-refractivity contribution in [3.05, 3.63) is 35.7 Å². The van der Waals surface area contributed by atoms with Gasteiger partial charge in [-0.1, -0.05) is 34.6 Å². The standard InChI is InChI=1S/C14H20N2/c1-10(2)12-9-11-7-6-8-15-16(11)13(12)14(3,4)5/h6-10H,1-5H3. The molecule has 0 aromatic carbocycles. The first-order chi connectivity index (χ1) is 7.41. The Morgan fingerprint density at radius 2 is 1.94 bits per heavy atom. The monoisotopic (exact) mass is 216 g/mol. The molecule has 0 spiro atoms. The molecule has 2 heterocycles. The normalized spacial score (nSPS) is 12.6. The van der Waals surface area contributed by atoms with Gasteiger partial charge in [-0.2, -0.15) is 5.10 Å². The molecule has 0 saturated heterocycles. The summed E-state index contributed by atoms with van der Waals surface area (Å²) in [7, 11) is 0. The second kappa shape index (κ2) is 3.62. The smallest absolute Gasteiger partial charge is 0.0653 e. The molecule has 0 bridgehead atoms. The number of fused-ring (bicyclic) bond motifs is 1. The molecule has 0 unspecified atom stereocenters. The van der Waals surface area contributed by atoms with Crippen molar-refractivity contribution in [3.8, 4) is 0 Å². The summed E-state index contributed by atoms with van der Waals surface area (Å²) in [6, 6.07) is 6.37. The molecular formula is C14H20N2. The molecule has 16 heavy (non-hydrogen) atoms. The van der Waals surface area contributed by atoms with Crippen LogP contribution in [0.1, 0.15) is 51.8 Å². The van der Waals surface area contributed by atoms with Crippen molar-refractivity contribution in [2.24, 2.45) is 0 Å². The first-order valence-corrected chi connectivity index (χ1v) is 5.88. The molecule has 0 aliphatic heterocycles. The summed E-state index contributed by atoms with van der Waals surface area (Å²) in [5.41, 5.74) is 4.06. The van der Waals surface area contributed by atoms with Crippen molar-refractivity contribution < 1.29 is 0 Å². The summed E-state index contributed by atoms with van der Waals surface area (Å²) < 4.78 is 2.08. The van der Waals surface area contributed by atoms with Crippen molar-refractivity contribution in [3.63, 3.8) is 0 Å². The Kier molecular flexibility index (Phi) is 2.53. The van der Waals surface area contributed by atoms with Gasteiger partial charge in [0.1, 0.15) is 0 Å². The highest BCUT2D eigenvalue weighted by molar-refractivity contribution is 5.54. The average molecular weight is 216 g/mol. The number of nitrogens with zero attached hydrogens (tertiary/aromatic N) is 2. The molecular weight excluding hydrogens is 196 g/mol. The lowest BCUT2D eigenvalue weighted by Gasteiger charge is -2.21. The number of aromatic nitrogens is 2. The average Bonchev–Trinajstić information content (AvgIpc) is 2.55. The zero-order valence-corrected chi connectivity index (χ0v) is 10.8. The lowest BCUT2D eigenvalue weighted by molar-refractivity contribution is 0.539. The molecule has 0 saturated carbocycles. The Hall–Kier alpha value is -1.31. The highest BCUT2D eigenvalue weighted by Gasteiger charge is 2.24. The number of rotatable bonds is 1. The Labute approximate surface area is 97.3 Å². The lowest BCUT2D eigenvalue weighted by atomic mass is 9.86. The van der Waals surface area contributed by atoms with E-state index in [1.165, 1.54) is 16.8 Å². The number of hydrogen-bond acceptors (Lipinski definition) is 1. The van der Waals surface area contributed by atoms with Crippen molar-refractivity contribution in [1.29, 1.82) is 0 Å². The largest absolute Gasteiger partial charge is 0.237 e. The number of hydrogen-bond donors (Lipinski definition) is 0. The van der Waals surface area contributed by atoms with Crippen LogP contribution in [-0.2, 0) is 5.41 Å². The van der Waals surface area contributed by atoms with Gasteiger partial charge in [-0.25, -0.2) is 4.52 Å². The van der Waals surface area contributed by atoms with Crippen LogP contribution in [0.5, 0.6) is 0 Å². The summed E-state index contributed by atoms with van der Waals surface area (Å²) in [4.78, 5) is 0. The molecule has 0 radical (unpaired) electrons. The molecule has 2 heteroatoms. The molecule has 86 valence electrons. The van der Waals surface area contributed by atoms with Crippen LogP contribution in [0.25, 0.3) is 5.52 Å². The van der Waals surface area contributed by atoms with Gasteiger partial charge in [0.15, 0.2) is 0 Å². The Morgan fingerprint density at radius 3 is 2.50 bits per heavy atom. The van der Waals surface area contributed by atoms with E-state index < -0.39 is 0 Å². The Balaban J connectivity index is 2.80. The highest BCUT2D eigenvalue weighted by atomic mass is 15.2. The molecule has 0 aliphatic carbocycles. The maximum absolute atomic E-state index is 4.47. The zero-order chi connectivity index (χ0) is 11.9. The van der Waals surface area contributed by atoms with E-state index in [0.717, 1.165) is 0 Å². The SMILES string of the molecule is CC(C)c1cc2cccnn2c1C(C)(C)C. The fourth-order valence-electron chi connectivity index (χ4n) is 2.22. The maximum atomic E-state index is 4.47. The Morgan fingerprint density at radius 1 is 1.25 bits per heavy atom. The van der Waals surface area contributed by atoms with E-state index in [9.17, 15) is 0 Å². The second-order valence-electron chi connectivity index (χ2n) is 5.71. The van der Waals surface area contributed by atoms with E-state index in [2.05, 4.69) is 56.4 Å². The van der Waals surface area contributed by atoms with E-state index in [-0.39, 0.29) is 5.41 Å². The first kappa shape index (κ1) is 11.2. The molecule has 2 nitrogen and oxygen atoms in total. The van der Waals surface area contributed by atoms with Crippen LogP contribution in [-0.4, -0.2) is 9.61 Å². The molecule has 0 amide bonds. The van der Waals surface area contributed by atoms with Gasteiger partial charge in [0.25, 0.3) is 0 Å². The summed E-state index contributed by atoms with van der Waals surface area (Å²) in [6.07, 6.45) is 1.85.